The van der Waals surface area contributed by atoms with Crippen molar-refractivity contribution in [3.8, 4) is 0 Å². The second-order valence-corrected chi connectivity index (χ2v) is 3.34. The van der Waals surface area contributed by atoms with E-state index < -0.39 is 0 Å². The number of methoxy groups -OCH3 is 1. The number of nitrogens with zero attached hydrogens (tertiary/aromatic N) is 1. The summed E-state index contributed by atoms with van der Waals surface area (Å²) in [6.07, 6.45) is 0. The molecule has 0 saturated heterocycles. The number of likely N-dealkylation sites (N-methyl/N-ethyl adjacent to an activating group) is 1. The van der Waals surface area contributed by atoms with Crippen molar-refractivity contribution in [2.24, 2.45) is 0 Å². The van der Waals surface area contributed by atoms with Crippen LogP contribution in [0.2, 0.25) is 0 Å². The molecule has 1 unspecified atom stereocenters. The van der Waals surface area contributed by atoms with Gasteiger partial charge in [-0.3, -0.25) is 4.79 Å². The van der Waals surface area contributed by atoms with Crippen molar-refractivity contribution in [2.45, 2.75) is 26.8 Å². The summed E-state index contributed by atoms with van der Waals surface area (Å²) >= 11 is 0. The molecule has 0 saturated carbocycles. The summed E-state index contributed by atoms with van der Waals surface area (Å²) in [5.41, 5.74) is 0. The van der Waals surface area contributed by atoms with E-state index in [-0.39, 0.29) is 5.97 Å². The average Bonchev–Trinajstić information content (AvgIpc) is 2.22. The molecular formula is C10H22N2O2. The molecule has 1 atom stereocenters. The number of hydrogen-bond donors (Lipinski definition) is 1. The van der Waals surface area contributed by atoms with Gasteiger partial charge >= 0.3 is 5.97 Å². The minimum Gasteiger partial charge on any atom is -0.468 e. The first-order valence-electron chi connectivity index (χ1n) is 5.16. The van der Waals surface area contributed by atoms with Gasteiger partial charge in [-0.1, -0.05) is 13.8 Å². The number of rotatable bonds is 7. The van der Waals surface area contributed by atoms with E-state index in [1.165, 1.54) is 7.11 Å². The van der Waals surface area contributed by atoms with E-state index in [1.807, 2.05) is 0 Å². The lowest BCUT2D eigenvalue weighted by molar-refractivity contribution is -0.139. The zero-order valence-electron chi connectivity index (χ0n) is 9.67. The summed E-state index contributed by atoms with van der Waals surface area (Å²) in [6, 6.07) is 0.314. The van der Waals surface area contributed by atoms with Gasteiger partial charge in [0, 0.05) is 12.6 Å². The molecule has 0 rings (SSSR count). The summed E-state index contributed by atoms with van der Waals surface area (Å²) in [6.45, 7) is 9.68. The van der Waals surface area contributed by atoms with Gasteiger partial charge in [0.2, 0.25) is 0 Å². The number of nitrogens with one attached hydrogen (secondary N) is 1. The second-order valence-electron chi connectivity index (χ2n) is 3.34. The van der Waals surface area contributed by atoms with Crippen LogP contribution in [0.5, 0.6) is 0 Å². The predicted molar refractivity (Wildman–Crippen MR) is 57.3 cm³/mol. The standard InChI is InChI=1S/C10H22N2O2/c1-5-12(6-2)8-9(3)11-7-10(13)14-4/h9,11H,5-8H2,1-4H3. The van der Waals surface area contributed by atoms with Crippen molar-refractivity contribution >= 4 is 5.97 Å². The molecule has 0 aliphatic rings. The normalized spacial score (nSPS) is 12.9. The lowest BCUT2D eigenvalue weighted by atomic mass is 10.3. The Morgan fingerprint density at radius 3 is 2.43 bits per heavy atom. The molecule has 0 aromatic heterocycles. The number of esters is 1. The van der Waals surface area contributed by atoms with E-state index in [0.717, 1.165) is 19.6 Å². The molecule has 0 amide bonds. The summed E-state index contributed by atoms with van der Waals surface area (Å²) in [7, 11) is 1.40. The maximum Gasteiger partial charge on any atom is 0.319 e. The van der Waals surface area contributed by atoms with Crippen LogP contribution >= 0.6 is 0 Å². The third-order valence-corrected chi connectivity index (χ3v) is 2.25. The van der Waals surface area contributed by atoms with E-state index >= 15 is 0 Å². The number of carbonyl (C=O) groups is 1. The highest BCUT2D eigenvalue weighted by atomic mass is 16.5. The van der Waals surface area contributed by atoms with Crippen LogP contribution in [-0.4, -0.2) is 50.2 Å². The largest absolute Gasteiger partial charge is 0.468 e. The number of hydrogen-bond acceptors (Lipinski definition) is 4. The van der Waals surface area contributed by atoms with E-state index in [9.17, 15) is 4.79 Å². The highest BCUT2D eigenvalue weighted by Crippen LogP contribution is 1.91. The zero-order valence-corrected chi connectivity index (χ0v) is 9.67. The van der Waals surface area contributed by atoms with Crippen LogP contribution in [0, 0.1) is 0 Å². The summed E-state index contributed by atoms with van der Waals surface area (Å²) < 4.78 is 4.54. The Hall–Kier alpha value is -0.610. The van der Waals surface area contributed by atoms with Gasteiger partial charge in [-0.15, -0.1) is 0 Å². The van der Waals surface area contributed by atoms with Crippen molar-refractivity contribution in [2.75, 3.05) is 33.3 Å². The van der Waals surface area contributed by atoms with Gasteiger partial charge in [0.15, 0.2) is 0 Å². The number of carbonyl (C=O) groups excluding carboxylic acids is 1. The van der Waals surface area contributed by atoms with E-state index in [2.05, 4.69) is 35.7 Å². The Bertz CT molecular complexity index is 158. The third-order valence-electron chi connectivity index (χ3n) is 2.25. The van der Waals surface area contributed by atoms with Gasteiger partial charge in [-0.25, -0.2) is 0 Å². The van der Waals surface area contributed by atoms with E-state index in [0.29, 0.717) is 12.6 Å². The van der Waals surface area contributed by atoms with Crippen molar-refractivity contribution in [3.63, 3.8) is 0 Å². The quantitative estimate of drug-likeness (QED) is 0.610. The summed E-state index contributed by atoms with van der Waals surface area (Å²) in [5.74, 6) is -0.212. The first-order chi connectivity index (χ1) is 6.63. The Kier molecular flexibility index (Phi) is 7.42. The van der Waals surface area contributed by atoms with Crippen LogP contribution in [0.25, 0.3) is 0 Å². The minimum absolute atomic E-state index is 0.212. The highest BCUT2D eigenvalue weighted by Gasteiger charge is 2.08. The Morgan fingerprint density at radius 2 is 2.00 bits per heavy atom. The lowest BCUT2D eigenvalue weighted by Crippen LogP contribution is -2.41. The first-order valence-corrected chi connectivity index (χ1v) is 5.16. The smallest absolute Gasteiger partial charge is 0.319 e. The molecule has 1 N–H and O–H groups in total. The average molecular weight is 202 g/mol. The Balaban J connectivity index is 3.63. The van der Waals surface area contributed by atoms with Gasteiger partial charge in [-0.2, -0.15) is 0 Å². The van der Waals surface area contributed by atoms with Crippen LogP contribution in [0.3, 0.4) is 0 Å². The van der Waals surface area contributed by atoms with Crippen LogP contribution < -0.4 is 5.32 Å². The van der Waals surface area contributed by atoms with Gasteiger partial charge in [0.1, 0.15) is 0 Å². The molecule has 0 heterocycles. The van der Waals surface area contributed by atoms with Crippen LogP contribution in [0.1, 0.15) is 20.8 Å². The molecule has 4 heteroatoms. The van der Waals surface area contributed by atoms with Crippen molar-refractivity contribution in [1.82, 2.24) is 10.2 Å². The molecule has 0 aromatic carbocycles. The monoisotopic (exact) mass is 202 g/mol. The number of ether oxygens (including phenoxy) is 1. The third kappa shape index (κ3) is 5.94. The van der Waals surface area contributed by atoms with Gasteiger partial charge in [-0.05, 0) is 20.0 Å². The summed E-state index contributed by atoms with van der Waals surface area (Å²) in [4.78, 5) is 13.2. The molecule has 0 aliphatic heterocycles. The molecule has 0 aliphatic carbocycles. The van der Waals surface area contributed by atoms with Crippen molar-refractivity contribution < 1.29 is 9.53 Å². The molecular weight excluding hydrogens is 180 g/mol. The molecule has 0 bridgehead atoms. The highest BCUT2D eigenvalue weighted by molar-refractivity contribution is 5.71. The summed E-state index contributed by atoms with van der Waals surface area (Å²) in [5, 5.41) is 3.12. The van der Waals surface area contributed by atoms with Gasteiger partial charge in [0.05, 0.1) is 13.7 Å². The predicted octanol–water partition coefficient (Wildman–Crippen LogP) is 0.479. The molecule has 0 spiro atoms. The molecule has 14 heavy (non-hydrogen) atoms. The maximum atomic E-state index is 10.8. The fourth-order valence-electron chi connectivity index (χ4n) is 1.26. The first kappa shape index (κ1) is 13.4. The molecule has 4 nitrogen and oxygen atoms in total. The fourth-order valence-corrected chi connectivity index (χ4v) is 1.26. The minimum atomic E-state index is -0.212. The van der Waals surface area contributed by atoms with Crippen molar-refractivity contribution in [1.29, 1.82) is 0 Å². The molecule has 0 radical (unpaired) electrons. The molecule has 0 aromatic rings. The van der Waals surface area contributed by atoms with Crippen LogP contribution in [0.15, 0.2) is 0 Å². The SMILES string of the molecule is CCN(CC)CC(C)NCC(=O)OC. The van der Waals surface area contributed by atoms with E-state index in [4.69, 9.17) is 0 Å². The molecule has 0 fully saturated rings. The fraction of sp³-hybridized carbons (Fsp3) is 0.900. The topological polar surface area (TPSA) is 41.6 Å². The van der Waals surface area contributed by atoms with Crippen molar-refractivity contribution in [3.05, 3.63) is 0 Å². The van der Waals surface area contributed by atoms with Gasteiger partial charge in [0.25, 0.3) is 0 Å². The van der Waals surface area contributed by atoms with E-state index in [1.54, 1.807) is 0 Å². The second kappa shape index (κ2) is 7.76. The van der Waals surface area contributed by atoms with Crippen LogP contribution in [0.4, 0.5) is 0 Å². The Morgan fingerprint density at radius 1 is 1.43 bits per heavy atom. The Labute approximate surface area is 86.6 Å². The van der Waals surface area contributed by atoms with Gasteiger partial charge < -0.3 is 15.0 Å². The lowest BCUT2D eigenvalue weighted by Gasteiger charge is -2.23. The maximum absolute atomic E-state index is 10.8. The molecule has 84 valence electrons. The zero-order chi connectivity index (χ0) is 11.0. The van der Waals surface area contributed by atoms with Crippen LogP contribution in [-0.2, 0) is 9.53 Å².